The lowest BCUT2D eigenvalue weighted by molar-refractivity contribution is -0.140. The van der Waals surface area contributed by atoms with Crippen molar-refractivity contribution in [1.29, 1.82) is 0 Å². The first-order chi connectivity index (χ1) is 19.0. The first-order valence-corrected chi connectivity index (χ1v) is 15.2. The van der Waals surface area contributed by atoms with Crippen molar-refractivity contribution in [2.45, 2.75) is 77.9 Å². The summed E-state index contributed by atoms with van der Waals surface area (Å²) in [4.78, 5) is 29.2. The minimum atomic E-state index is -4.09. The largest absolute Gasteiger partial charge is 0.352 e. The van der Waals surface area contributed by atoms with Crippen molar-refractivity contribution in [1.82, 2.24) is 10.2 Å². The Hall–Kier alpha value is -3.65. The molecule has 0 saturated heterocycles. The molecule has 0 aromatic heterocycles. The summed E-state index contributed by atoms with van der Waals surface area (Å²) >= 11 is 0. The van der Waals surface area contributed by atoms with Crippen molar-refractivity contribution < 1.29 is 18.0 Å². The fourth-order valence-corrected chi connectivity index (χ4v) is 6.10. The number of hydrogen-bond donors (Lipinski definition) is 1. The van der Waals surface area contributed by atoms with Crippen LogP contribution in [0.25, 0.3) is 0 Å². The van der Waals surface area contributed by atoms with Gasteiger partial charge in [0.2, 0.25) is 11.8 Å². The van der Waals surface area contributed by atoms with E-state index in [-0.39, 0.29) is 23.4 Å². The third-order valence-corrected chi connectivity index (χ3v) is 9.05. The quantitative estimate of drug-likeness (QED) is 0.314. The number of sulfonamides is 1. The molecule has 8 heteroatoms. The van der Waals surface area contributed by atoms with E-state index in [4.69, 9.17) is 0 Å². The lowest BCUT2D eigenvalue weighted by Gasteiger charge is -2.34. The molecule has 0 aliphatic rings. The van der Waals surface area contributed by atoms with Crippen molar-refractivity contribution in [3.63, 3.8) is 0 Å². The van der Waals surface area contributed by atoms with Crippen LogP contribution in [0.2, 0.25) is 0 Å². The van der Waals surface area contributed by atoms with E-state index in [9.17, 15) is 18.0 Å². The van der Waals surface area contributed by atoms with Gasteiger partial charge in [0, 0.05) is 12.6 Å². The van der Waals surface area contributed by atoms with Crippen LogP contribution in [-0.2, 0) is 26.2 Å². The van der Waals surface area contributed by atoms with Crippen LogP contribution >= 0.6 is 0 Å². The summed E-state index contributed by atoms with van der Waals surface area (Å²) in [5.41, 5.74) is 4.01. The van der Waals surface area contributed by atoms with Gasteiger partial charge in [-0.2, -0.15) is 0 Å². The standard InChI is InChI=1S/C32H41N3O4S/c1-7-25(5)33-32(37)29(8-2)34(21-27-16-12-14-23(3)20-27)31(36)22-35(30-19-13-15-24(4)26(30)6)40(38,39)28-17-10-9-11-18-28/h9-20,25,29H,7-8,21-22H2,1-6H3,(H,33,37)/t25-,29+/m1/s1. The van der Waals surface area contributed by atoms with E-state index in [2.05, 4.69) is 5.32 Å². The van der Waals surface area contributed by atoms with Gasteiger partial charge in [0.05, 0.1) is 10.6 Å². The van der Waals surface area contributed by atoms with E-state index in [0.717, 1.165) is 28.7 Å². The highest BCUT2D eigenvalue weighted by Crippen LogP contribution is 2.29. The Labute approximate surface area is 239 Å². The molecule has 0 heterocycles. The molecule has 0 unspecified atom stereocenters. The molecule has 3 aromatic rings. The van der Waals surface area contributed by atoms with Gasteiger partial charge in [0.15, 0.2) is 0 Å². The number of hydrogen-bond acceptors (Lipinski definition) is 4. The second-order valence-electron chi connectivity index (χ2n) is 10.3. The van der Waals surface area contributed by atoms with E-state index in [0.29, 0.717) is 12.1 Å². The van der Waals surface area contributed by atoms with Crippen LogP contribution in [0.1, 0.15) is 55.9 Å². The van der Waals surface area contributed by atoms with E-state index >= 15 is 0 Å². The molecule has 7 nitrogen and oxygen atoms in total. The summed E-state index contributed by atoms with van der Waals surface area (Å²) in [5.74, 6) is -0.699. The number of anilines is 1. The van der Waals surface area contributed by atoms with Gasteiger partial charge in [-0.05, 0) is 75.4 Å². The molecule has 0 aliphatic heterocycles. The van der Waals surface area contributed by atoms with E-state index in [1.165, 1.54) is 21.3 Å². The minimum absolute atomic E-state index is 0.0534. The van der Waals surface area contributed by atoms with Crippen LogP contribution in [0.15, 0.2) is 77.7 Å². The van der Waals surface area contributed by atoms with Crippen molar-refractivity contribution in [3.05, 3.63) is 95.1 Å². The maximum Gasteiger partial charge on any atom is 0.264 e. The van der Waals surface area contributed by atoms with Gasteiger partial charge in [-0.15, -0.1) is 0 Å². The van der Waals surface area contributed by atoms with Gasteiger partial charge in [-0.25, -0.2) is 8.42 Å². The van der Waals surface area contributed by atoms with E-state index in [1.54, 1.807) is 30.3 Å². The zero-order valence-electron chi connectivity index (χ0n) is 24.3. The molecule has 214 valence electrons. The monoisotopic (exact) mass is 563 g/mol. The van der Waals surface area contributed by atoms with Crippen LogP contribution in [0.4, 0.5) is 5.69 Å². The lowest BCUT2D eigenvalue weighted by atomic mass is 10.1. The molecule has 0 radical (unpaired) electrons. The number of carbonyl (C=O) groups is 2. The molecule has 0 aliphatic carbocycles. The van der Waals surface area contributed by atoms with Gasteiger partial charge in [0.1, 0.15) is 12.6 Å². The van der Waals surface area contributed by atoms with Crippen LogP contribution in [0.3, 0.4) is 0 Å². The summed E-state index contributed by atoms with van der Waals surface area (Å²) < 4.78 is 29.2. The summed E-state index contributed by atoms with van der Waals surface area (Å²) in [7, 11) is -4.09. The SMILES string of the molecule is CC[C@@H](C)NC(=O)[C@H](CC)N(Cc1cccc(C)c1)C(=O)CN(c1cccc(C)c1C)S(=O)(=O)c1ccccc1. The zero-order valence-corrected chi connectivity index (χ0v) is 25.2. The number of nitrogens with zero attached hydrogens (tertiary/aromatic N) is 2. The lowest BCUT2D eigenvalue weighted by Crippen LogP contribution is -2.53. The first-order valence-electron chi connectivity index (χ1n) is 13.8. The molecule has 3 rings (SSSR count). The van der Waals surface area contributed by atoms with Crippen LogP contribution in [-0.4, -0.2) is 43.8 Å². The van der Waals surface area contributed by atoms with Crippen molar-refractivity contribution in [2.24, 2.45) is 0 Å². The smallest absolute Gasteiger partial charge is 0.264 e. The average Bonchev–Trinajstić information content (AvgIpc) is 2.93. The zero-order chi connectivity index (χ0) is 29.4. The highest BCUT2D eigenvalue weighted by Gasteiger charge is 2.34. The maximum atomic E-state index is 14.2. The van der Waals surface area contributed by atoms with Crippen molar-refractivity contribution in [3.8, 4) is 0 Å². The molecule has 0 fully saturated rings. The third-order valence-electron chi connectivity index (χ3n) is 7.28. The normalized spacial score (nSPS) is 12.8. The average molecular weight is 564 g/mol. The van der Waals surface area contributed by atoms with Gasteiger partial charge >= 0.3 is 0 Å². The second kappa shape index (κ2) is 13.6. The van der Waals surface area contributed by atoms with Gasteiger partial charge < -0.3 is 10.2 Å². The van der Waals surface area contributed by atoms with Crippen molar-refractivity contribution in [2.75, 3.05) is 10.8 Å². The molecule has 1 N–H and O–H groups in total. The number of rotatable bonds is 12. The molecule has 0 bridgehead atoms. The van der Waals surface area contributed by atoms with Crippen molar-refractivity contribution >= 4 is 27.5 Å². The second-order valence-corrected chi connectivity index (χ2v) is 12.2. The Morgan fingerprint density at radius 3 is 2.17 bits per heavy atom. The Bertz CT molecular complexity index is 1420. The molecular weight excluding hydrogens is 522 g/mol. The van der Waals surface area contributed by atoms with Crippen LogP contribution < -0.4 is 9.62 Å². The maximum absolute atomic E-state index is 14.2. The Morgan fingerprint density at radius 1 is 0.875 bits per heavy atom. The molecule has 3 aromatic carbocycles. The van der Waals surface area contributed by atoms with Gasteiger partial charge in [-0.3, -0.25) is 13.9 Å². The molecule has 0 spiro atoms. The highest BCUT2D eigenvalue weighted by atomic mass is 32.2. The summed E-state index contributed by atoms with van der Waals surface area (Å²) in [5, 5.41) is 3.01. The summed E-state index contributed by atoms with van der Waals surface area (Å²) in [6.45, 7) is 11.2. The molecular formula is C32H41N3O4S. The minimum Gasteiger partial charge on any atom is -0.352 e. The predicted octanol–water partition coefficient (Wildman–Crippen LogP) is 5.53. The third kappa shape index (κ3) is 7.30. The Morgan fingerprint density at radius 2 is 1.55 bits per heavy atom. The number of aryl methyl sites for hydroxylation is 2. The molecule has 40 heavy (non-hydrogen) atoms. The first kappa shape index (κ1) is 30.9. The fourth-order valence-electron chi connectivity index (χ4n) is 4.61. The molecule has 0 saturated carbocycles. The Kier molecular flexibility index (Phi) is 10.5. The van der Waals surface area contributed by atoms with Crippen LogP contribution in [0.5, 0.6) is 0 Å². The van der Waals surface area contributed by atoms with Crippen LogP contribution in [0, 0.1) is 20.8 Å². The number of benzene rings is 3. The molecule has 2 atom stereocenters. The number of amides is 2. The highest BCUT2D eigenvalue weighted by molar-refractivity contribution is 7.92. The predicted molar refractivity (Wildman–Crippen MR) is 161 cm³/mol. The number of carbonyl (C=O) groups excluding carboxylic acids is 2. The topological polar surface area (TPSA) is 86.8 Å². The van der Waals surface area contributed by atoms with E-state index < -0.39 is 28.5 Å². The molecule has 2 amide bonds. The fraction of sp³-hybridized carbons (Fsp3) is 0.375. The van der Waals surface area contributed by atoms with E-state index in [1.807, 2.05) is 71.9 Å². The summed E-state index contributed by atoms with van der Waals surface area (Å²) in [6.07, 6.45) is 1.14. The van der Waals surface area contributed by atoms with Gasteiger partial charge in [0.25, 0.3) is 10.0 Å². The summed E-state index contributed by atoms with van der Waals surface area (Å²) in [6, 6.07) is 20.5. The Balaban J connectivity index is 2.09. The van der Waals surface area contributed by atoms with Gasteiger partial charge in [-0.1, -0.05) is 74.0 Å². The number of nitrogens with one attached hydrogen (secondary N) is 1.